The molecule has 0 bridgehead atoms. The van der Waals surface area contributed by atoms with Crippen molar-refractivity contribution in [3.8, 4) is 0 Å². The molecule has 1 heterocycles. The van der Waals surface area contributed by atoms with Gasteiger partial charge in [0.15, 0.2) is 0 Å². The summed E-state index contributed by atoms with van der Waals surface area (Å²) >= 11 is 7.72. The van der Waals surface area contributed by atoms with Crippen molar-refractivity contribution in [3.05, 3.63) is 105 Å². The Balaban J connectivity index is 1.80. The highest BCUT2D eigenvalue weighted by Gasteiger charge is 2.22. The first-order chi connectivity index (χ1) is 15.0. The summed E-state index contributed by atoms with van der Waals surface area (Å²) in [6, 6.07) is 20.7. The molecule has 3 rings (SSSR count). The molecule has 4 nitrogen and oxygen atoms in total. The number of benzene rings is 2. The molecule has 0 unspecified atom stereocenters. The Hall–Kier alpha value is -2.89. The zero-order valence-electron chi connectivity index (χ0n) is 17.5. The second kappa shape index (κ2) is 10.9. The lowest BCUT2D eigenvalue weighted by molar-refractivity contribution is -0.133. The topological polar surface area (TPSA) is 40.6 Å². The number of aryl methyl sites for hydroxylation is 1. The lowest BCUT2D eigenvalue weighted by Gasteiger charge is -2.27. The van der Waals surface area contributed by atoms with Gasteiger partial charge in [0.05, 0.1) is 6.54 Å². The molecule has 0 saturated carbocycles. The molecule has 1 aromatic heterocycles. The van der Waals surface area contributed by atoms with Gasteiger partial charge in [-0.25, -0.2) is 0 Å². The van der Waals surface area contributed by atoms with Gasteiger partial charge in [0, 0.05) is 33.4 Å². The van der Waals surface area contributed by atoms with E-state index in [0.717, 1.165) is 10.4 Å². The molecule has 31 heavy (non-hydrogen) atoms. The van der Waals surface area contributed by atoms with Crippen LogP contribution in [0.3, 0.4) is 0 Å². The third-order valence-corrected chi connectivity index (χ3v) is 5.97. The van der Waals surface area contributed by atoms with Crippen molar-refractivity contribution >= 4 is 34.8 Å². The maximum Gasteiger partial charge on any atom is 0.254 e. The molecule has 0 aliphatic heterocycles. The van der Waals surface area contributed by atoms with Crippen LogP contribution in [0.1, 0.15) is 25.7 Å². The highest BCUT2D eigenvalue weighted by atomic mass is 35.5. The lowest BCUT2D eigenvalue weighted by Crippen LogP contribution is -2.42. The Morgan fingerprint density at radius 3 is 2.42 bits per heavy atom. The van der Waals surface area contributed by atoms with Gasteiger partial charge in [-0.1, -0.05) is 54.1 Å². The summed E-state index contributed by atoms with van der Waals surface area (Å²) in [5.74, 6) is -0.366. The first-order valence-corrected chi connectivity index (χ1v) is 11.2. The molecule has 3 aromatic rings. The second-order valence-corrected chi connectivity index (χ2v) is 9.04. The average Bonchev–Trinajstić information content (AvgIpc) is 3.17. The lowest BCUT2D eigenvalue weighted by atomic mass is 10.2. The van der Waals surface area contributed by atoms with Crippen LogP contribution >= 0.6 is 22.9 Å². The quantitative estimate of drug-likeness (QED) is 0.398. The molecule has 0 N–H and O–H groups in total. The molecular weight excluding hydrogens is 428 g/mol. The standard InChI is InChI=1S/C25H25ClN2O2S/c1-3-14-27(25(30)21-10-7-11-22(26)15-21)18-24(29)28(16-20-8-5-4-6-9-20)17-23-13-12-19(2)31-23/h3-13,15H,1,14,16-18H2,2H3. The first-order valence-electron chi connectivity index (χ1n) is 9.99. The number of hydrogen-bond acceptors (Lipinski definition) is 3. The van der Waals surface area contributed by atoms with Gasteiger partial charge in [-0.05, 0) is 42.8 Å². The minimum atomic E-state index is -0.248. The average molecular weight is 453 g/mol. The number of nitrogens with zero attached hydrogens (tertiary/aromatic N) is 2. The fraction of sp³-hybridized carbons (Fsp3) is 0.200. The molecule has 6 heteroatoms. The van der Waals surface area contributed by atoms with Crippen LogP contribution in [0.2, 0.25) is 5.02 Å². The van der Waals surface area contributed by atoms with Crippen LogP contribution in [0.4, 0.5) is 0 Å². The van der Waals surface area contributed by atoms with E-state index in [-0.39, 0.29) is 24.9 Å². The van der Waals surface area contributed by atoms with Crippen LogP contribution < -0.4 is 0 Å². The van der Waals surface area contributed by atoms with E-state index in [0.29, 0.717) is 23.7 Å². The number of rotatable bonds is 9. The number of carbonyl (C=O) groups excluding carboxylic acids is 2. The molecule has 0 saturated heterocycles. The largest absolute Gasteiger partial charge is 0.332 e. The van der Waals surface area contributed by atoms with E-state index in [1.165, 1.54) is 9.78 Å². The van der Waals surface area contributed by atoms with E-state index in [2.05, 4.69) is 12.6 Å². The van der Waals surface area contributed by atoms with Crippen molar-refractivity contribution in [2.45, 2.75) is 20.0 Å². The summed E-state index contributed by atoms with van der Waals surface area (Å²) in [4.78, 5) is 31.9. The first kappa shape index (κ1) is 22.8. The van der Waals surface area contributed by atoms with E-state index < -0.39 is 0 Å². The predicted molar refractivity (Wildman–Crippen MR) is 127 cm³/mol. The second-order valence-electron chi connectivity index (χ2n) is 7.23. The van der Waals surface area contributed by atoms with E-state index in [4.69, 9.17) is 11.6 Å². The molecule has 0 atom stereocenters. The van der Waals surface area contributed by atoms with Crippen LogP contribution in [0.25, 0.3) is 0 Å². The van der Waals surface area contributed by atoms with Gasteiger partial charge in [-0.15, -0.1) is 17.9 Å². The summed E-state index contributed by atoms with van der Waals surface area (Å²) < 4.78 is 0. The zero-order valence-corrected chi connectivity index (χ0v) is 19.0. The highest BCUT2D eigenvalue weighted by molar-refractivity contribution is 7.11. The number of hydrogen-bond donors (Lipinski definition) is 0. The fourth-order valence-electron chi connectivity index (χ4n) is 3.24. The molecule has 0 spiro atoms. The van der Waals surface area contributed by atoms with Crippen LogP contribution in [0.15, 0.2) is 79.4 Å². The Morgan fingerprint density at radius 1 is 1.00 bits per heavy atom. The Labute approximate surface area is 192 Å². The predicted octanol–water partition coefficient (Wildman–Crippen LogP) is 5.57. The number of halogens is 1. The van der Waals surface area contributed by atoms with Crippen molar-refractivity contribution in [2.24, 2.45) is 0 Å². The van der Waals surface area contributed by atoms with Crippen molar-refractivity contribution in [1.82, 2.24) is 9.80 Å². The van der Waals surface area contributed by atoms with E-state index >= 15 is 0 Å². The van der Waals surface area contributed by atoms with Crippen LogP contribution in [-0.4, -0.2) is 34.7 Å². The third-order valence-electron chi connectivity index (χ3n) is 4.75. The van der Waals surface area contributed by atoms with Crippen molar-refractivity contribution in [3.63, 3.8) is 0 Å². The van der Waals surface area contributed by atoms with Crippen LogP contribution in [0, 0.1) is 6.92 Å². The summed E-state index contributed by atoms with van der Waals surface area (Å²) in [6.45, 7) is 7.00. The fourth-order valence-corrected chi connectivity index (χ4v) is 4.33. The van der Waals surface area contributed by atoms with Crippen LogP contribution in [0.5, 0.6) is 0 Å². The Kier molecular flexibility index (Phi) is 8.04. The van der Waals surface area contributed by atoms with Gasteiger partial charge in [0.25, 0.3) is 5.91 Å². The maximum absolute atomic E-state index is 13.3. The van der Waals surface area contributed by atoms with E-state index in [1.54, 1.807) is 46.6 Å². The Morgan fingerprint density at radius 2 is 1.77 bits per heavy atom. The van der Waals surface area contributed by atoms with Gasteiger partial charge < -0.3 is 9.80 Å². The van der Waals surface area contributed by atoms with Gasteiger partial charge >= 0.3 is 0 Å². The maximum atomic E-state index is 13.3. The molecular formula is C25H25ClN2O2S. The molecule has 2 aromatic carbocycles. The van der Waals surface area contributed by atoms with Crippen molar-refractivity contribution < 1.29 is 9.59 Å². The molecule has 0 aliphatic rings. The smallest absolute Gasteiger partial charge is 0.254 e. The van der Waals surface area contributed by atoms with Crippen molar-refractivity contribution in [2.75, 3.05) is 13.1 Å². The Bertz CT molecular complexity index is 1050. The molecule has 2 amide bonds. The normalized spacial score (nSPS) is 10.5. The zero-order chi connectivity index (χ0) is 22.2. The number of thiophene rings is 1. The van der Waals surface area contributed by atoms with E-state index in [9.17, 15) is 9.59 Å². The minimum Gasteiger partial charge on any atom is -0.332 e. The SMILES string of the molecule is C=CCN(CC(=O)N(Cc1ccccc1)Cc1ccc(C)s1)C(=O)c1cccc(Cl)c1. The summed E-state index contributed by atoms with van der Waals surface area (Å²) in [5, 5.41) is 0.481. The monoisotopic (exact) mass is 452 g/mol. The van der Waals surface area contributed by atoms with Gasteiger partial charge in [0.1, 0.15) is 6.54 Å². The molecule has 160 valence electrons. The third kappa shape index (κ3) is 6.54. The van der Waals surface area contributed by atoms with Crippen LogP contribution in [-0.2, 0) is 17.9 Å². The highest BCUT2D eigenvalue weighted by Crippen LogP contribution is 2.19. The number of carbonyl (C=O) groups is 2. The summed E-state index contributed by atoms with van der Waals surface area (Å²) in [5.41, 5.74) is 1.49. The summed E-state index contributed by atoms with van der Waals surface area (Å²) in [6.07, 6.45) is 1.62. The minimum absolute atomic E-state index is 0.0332. The van der Waals surface area contributed by atoms with Gasteiger partial charge in [-0.2, -0.15) is 0 Å². The molecule has 0 radical (unpaired) electrons. The van der Waals surface area contributed by atoms with Gasteiger partial charge in [-0.3, -0.25) is 9.59 Å². The number of amides is 2. The van der Waals surface area contributed by atoms with E-state index in [1.807, 2.05) is 43.3 Å². The molecule has 0 fully saturated rings. The van der Waals surface area contributed by atoms with Gasteiger partial charge in [0.2, 0.25) is 5.91 Å². The van der Waals surface area contributed by atoms with Crippen molar-refractivity contribution in [1.29, 1.82) is 0 Å². The summed E-state index contributed by atoms with van der Waals surface area (Å²) in [7, 11) is 0. The molecule has 0 aliphatic carbocycles.